The second-order valence-corrected chi connectivity index (χ2v) is 7.49. The Bertz CT molecular complexity index is 753. The van der Waals surface area contributed by atoms with E-state index in [-0.39, 0.29) is 11.9 Å². The first-order chi connectivity index (χ1) is 11.1. The van der Waals surface area contributed by atoms with Crippen LogP contribution < -0.4 is 10.6 Å². The smallest absolute Gasteiger partial charge is 0.246 e. The second-order valence-electron chi connectivity index (χ2n) is 5.32. The molecule has 2 aromatic carbocycles. The fourth-order valence-electron chi connectivity index (χ4n) is 2.73. The summed E-state index contributed by atoms with van der Waals surface area (Å²) in [5.74, 6) is -0.0683. The molecule has 0 aromatic heterocycles. The van der Waals surface area contributed by atoms with Crippen LogP contribution in [0.5, 0.6) is 0 Å². The Labute approximate surface area is 153 Å². The SMILES string of the molecule is CSc1ccc(NC(=O)C2NCCc3cc(Br)ccc32)cc1Cl. The van der Waals surface area contributed by atoms with E-state index in [0.717, 1.165) is 27.9 Å². The van der Waals surface area contributed by atoms with E-state index >= 15 is 0 Å². The minimum absolute atomic E-state index is 0.0683. The molecule has 120 valence electrons. The third-order valence-corrected chi connectivity index (χ3v) is 5.55. The van der Waals surface area contributed by atoms with Crippen molar-refractivity contribution in [1.82, 2.24) is 5.32 Å². The molecule has 0 bridgehead atoms. The highest BCUT2D eigenvalue weighted by Crippen LogP contribution is 2.30. The summed E-state index contributed by atoms with van der Waals surface area (Å²) < 4.78 is 1.04. The van der Waals surface area contributed by atoms with Crippen molar-refractivity contribution in [3.63, 3.8) is 0 Å². The van der Waals surface area contributed by atoms with E-state index in [1.807, 2.05) is 30.5 Å². The largest absolute Gasteiger partial charge is 0.324 e. The second kappa shape index (κ2) is 7.26. The zero-order valence-corrected chi connectivity index (χ0v) is 15.7. The maximum absolute atomic E-state index is 12.6. The van der Waals surface area contributed by atoms with Crippen molar-refractivity contribution in [3.8, 4) is 0 Å². The van der Waals surface area contributed by atoms with Crippen molar-refractivity contribution in [2.75, 3.05) is 18.1 Å². The molecule has 6 heteroatoms. The number of amides is 1. The highest BCUT2D eigenvalue weighted by molar-refractivity contribution is 9.10. The van der Waals surface area contributed by atoms with Crippen molar-refractivity contribution in [3.05, 3.63) is 57.0 Å². The molecule has 0 fully saturated rings. The predicted octanol–water partition coefficient (Wildman–Crippen LogP) is 4.65. The van der Waals surface area contributed by atoms with Crippen LogP contribution in [0.1, 0.15) is 17.2 Å². The number of fused-ring (bicyclic) bond motifs is 1. The molecule has 1 atom stereocenters. The molecular formula is C17H16BrClN2OS. The van der Waals surface area contributed by atoms with Crippen molar-refractivity contribution in [1.29, 1.82) is 0 Å². The minimum Gasteiger partial charge on any atom is -0.324 e. The highest BCUT2D eigenvalue weighted by atomic mass is 79.9. The van der Waals surface area contributed by atoms with Crippen LogP contribution in [0.25, 0.3) is 0 Å². The van der Waals surface area contributed by atoms with E-state index in [4.69, 9.17) is 11.6 Å². The molecule has 0 radical (unpaired) electrons. The van der Waals surface area contributed by atoms with Crippen molar-refractivity contribution in [2.24, 2.45) is 0 Å². The van der Waals surface area contributed by atoms with Gasteiger partial charge in [-0.2, -0.15) is 0 Å². The van der Waals surface area contributed by atoms with Gasteiger partial charge in [0.15, 0.2) is 0 Å². The quantitative estimate of drug-likeness (QED) is 0.722. The lowest BCUT2D eigenvalue weighted by atomic mass is 9.94. The molecule has 2 aromatic rings. The highest BCUT2D eigenvalue weighted by Gasteiger charge is 2.26. The molecule has 0 saturated carbocycles. The number of carbonyl (C=O) groups is 1. The Morgan fingerprint density at radius 1 is 1.35 bits per heavy atom. The molecule has 23 heavy (non-hydrogen) atoms. The Hall–Kier alpha value is -1.01. The number of hydrogen-bond acceptors (Lipinski definition) is 3. The van der Waals surface area contributed by atoms with Crippen LogP contribution in [-0.2, 0) is 11.2 Å². The molecule has 2 N–H and O–H groups in total. The molecule has 0 aliphatic carbocycles. The average Bonchev–Trinajstić information content (AvgIpc) is 2.54. The van der Waals surface area contributed by atoms with Gasteiger partial charge >= 0.3 is 0 Å². The van der Waals surface area contributed by atoms with Crippen LogP contribution in [0.15, 0.2) is 45.8 Å². The summed E-state index contributed by atoms with van der Waals surface area (Å²) in [4.78, 5) is 13.6. The lowest BCUT2D eigenvalue weighted by Crippen LogP contribution is -2.38. The number of nitrogens with one attached hydrogen (secondary N) is 2. The van der Waals surface area contributed by atoms with Gasteiger partial charge in [-0.25, -0.2) is 0 Å². The van der Waals surface area contributed by atoms with Crippen LogP contribution in [-0.4, -0.2) is 18.7 Å². The summed E-state index contributed by atoms with van der Waals surface area (Å²) in [6.45, 7) is 0.785. The van der Waals surface area contributed by atoms with E-state index in [9.17, 15) is 4.79 Å². The zero-order valence-electron chi connectivity index (χ0n) is 12.5. The van der Waals surface area contributed by atoms with E-state index in [0.29, 0.717) is 10.7 Å². The van der Waals surface area contributed by atoms with E-state index < -0.39 is 0 Å². The summed E-state index contributed by atoms with van der Waals surface area (Å²) in [7, 11) is 0. The molecule has 1 aliphatic rings. The monoisotopic (exact) mass is 410 g/mol. The predicted molar refractivity (Wildman–Crippen MR) is 100 cm³/mol. The topological polar surface area (TPSA) is 41.1 Å². The normalized spacial score (nSPS) is 16.7. The first kappa shape index (κ1) is 16.8. The molecule has 0 spiro atoms. The Morgan fingerprint density at radius 2 is 2.17 bits per heavy atom. The molecule has 1 aliphatic heterocycles. The van der Waals surface area contributed by atoms with E-state index in [1.54, 1.807) is 17.8 Å². The van der Waals surface area contributed by atoms with Gasteiger partial charge in [0.05, 0.1) is 5.02 Å². The van der Waals surface area contributed by atoms with Crippen molar-refractivity contribution < 1.29 is 4.79 Å². The number of rotatable bonds is 3. The number of benzene rings is 2. The first-order valence-corrected chi connectivity index (χ1v) is 9.64. The molecule has 0 saturated heterocycles. The van der Waals surface area contributed by atoms with Crippen LogP contribution in [0.4, 0.5) is 5.69 Å². The number of hydrogen-bond donors (Lipinski definition) is 2. The summed E-state index contributed by atoms with van der Waals surface area (Å²) in [6.07, 6.45) is 2.90. The maximum Gasteiger partial charge on any atom is 0.246 e. The fraction of sp³-hybridized carbons (Fsp3) is 0.235. The van der Waals surface area contributed by atoms with Gasteiger partial charge in [-0.15, -0.1) is 11.8 Å². The van der Waals surface area contributed by atoms with Gasteiger partial charge < -0.3 is 10.6 Å². The van der Waals surface area contributed by atoms with Crippen LogP contribution >= 0.6 is 39.3 Å². The van der Waals surface area contributed by atoms with Crippen LogP contribution in [0.3, 0.4) is 0 Å². The maximum atomic E-state index is 12.6. The Kier molecular flexibility index (Phi) is 5.31. The molecule has 3 rings (SSSR count). The van der Waals surface area contributed by atoms with Crippen LogP contribution in [0.2, 0.25) is 5.02 Å². The van der Waals surface area contributed by atoms with E-state index in [2.05, 4.69) is 32.6 Å². The van der Waals surface area contributed by atoms with Gasteiger partial charge in [0.25, 0.3) is 0 Å². The third kappa shape index (κ3) is 3.74. The molecule has 1 heterocycles. The lowest BCUT2D eigenvalue weighted by molar-refractivity contribution is -0.118. The number of halogens is 2. The molecule has 3 nitrogen and oxygen atoms in total. The van der Waals surface area contributed by atoms with E-state index in [1.165, 1.54) is 5.56 Å². The number of carbonyl (C=O) groups excluding carboxylic acids is 1. The Balaban J connectivity index is 1.81. The fourth-order valence-corrected chi connectivity index (χ4v) is 4.00. The van der Waals surface area contributed by atoms with Crippen molar-refractivity contribution in [2.45, 2.75) is 17.4 Å². The minimum atomic E-state index is -0.342. The van der Waals surface area contributed by atoms with Gasteiger partial charge in [-0.05, 0) is 54.1 Å². The zero-order chi connectivity index (χ0) is 16.4. The summed E-state index contributed by atoms with van der Waals surface area (Å²) in [6, 6.07) is 11.3. The van der Waals surface area contributed by atoms with Gasteiger partial charge in [-0.1, -0.05) is 33.6 Å². The average molecular weight is 412 g/mol. The van der Waals surface area contributed by atoms with Gasteiger partial charge in [0.1, 0.15) is 6.04 Å². The standard InChI is InChI=1S/C17H16BrClN2OS/c1-23-15-5-3-12(9-14(15)19)21-17(22)16-13-4-2-11(18)8-10(13)6-7-20-16/h2-5,8-9,16,20H,6-7H2,1H3,(H,21,22). The van der Waals surface area contributed by atoms with Crippen LogP contribution in [0, 0.1) is 0 Å². The summed E-state index contributed by atoms with van der Waals surface area (Å²) in [5, 5.41) is 6.89. The third-order valence-electron chi connectivity index (χ3n) is 3.84. The van der Waals surface area contributed by atoms with Gasteiger partial charge in [0, 0.05) is 21.6 Å². The van der Waals surface area contributed by atoms with Gasteiger partial charge in [0.2, 0.25) is 5.91 Å². The molecular weight excluding hydrogens is 396 g/mol. The lowest BCUT2D eigenvalue weighted by Gasteiger charge is -2.26. The Morgan fingerprint density at radius 3 is 2.91 bits per heavy atom. The molecule has 1 unspecified atom stereocenters. The number of anilines is 1. The summed E-state index contributed by atoms with van der Waals surface area (Å²) in [5.41, 5.74) is 2.95. The summed E-state index contributed by atoms with van der Waals surface area (Å²) >= 11 is 11.3. The van der Waals surface area contributed by atoms with Gasteiger partial charge in [-0.3, -0.25) is 4.79 Å². The molecule has 1 amide bonds. The van der Waals surface area contributed by atoms with Crippen molar-refractivity contribution >= 4 is 50.9 Å². The number of thioether (sulfide) groups is 1. The first-order valence-electron chi connectivity index (χ1n) is 7.24.